The zero-order valence-corrected chi connectivity index (χ0v) is 18.7. The van der Waals surface area contributed by atoms with Crippen LogP contribution in [0.25, 0.3) is 17.1 Å². The van der Waals surface area contributed by atoms with E-state index in [1.54, 1.807) is 0 Å². The van der Waals surface area contributed by atoms with E-state index in [1.165, 1.54) is 0 Å². The summed E-state index contributed by atoms with van der Waals surface area (Å²) in [5.41, 5.74) is 2.82. The molecule has 0 spiro atoms. The third-order valence-electron chi connectivity index (χ3n) is 4.47. The lowest BCUT2D eigenvalue weighted by molar-refractivity contribution is 0.306. The Morgan fingerprint density at radius 2 is 1.83 bits per heavy atom. The Morgan fingerprint density at radius 1 is 1.00 bits per heavy atom. The van der Waals surface area contributed by atoms with Crippen LogP contribution in [-0.2, 0) is 6.61 Å². The molecule has 3 aromatic carbocycles. The Hall–Kier alpha value is -2.90. The van der Waals surface area contributed by atoms with Gasteiger partial charge in [-0.25, -0.2) is 0 Å². The first-order valence-corrected chi connectivity index (χ1v) is 10.7. The first-order valence-electron chi connectivity index (χ1n) is 9.53. The second kappa shape index (κ2) is 9.28. The van der Waals surface area contributed by atoms with Crippen LogP contribution in [0.4, 0.5) is 0 Å². The van der Waals surface area contributed by atoms with E-state index in [0.29, 0.717) is 18.0 Å². The molecule has 4 rings (SSSR count). The van der Waals surface area contributed by atoms with E-state index in [1.807, 2.05) is 78.2 Å². The molecule has 0 aliphatic carbocycles. The van der Waals surface area contributed by atoms with E-state index in [0.717, 1.165) is 38.6 Å². The fourth-order valence-electron chi connectivity index (χ4n) is 3.16. The first kappa shape index (κ1) is 20.4. The van der Waals surface area contributed by atoms with Crippen LogP contribution in [0.2, 0.25) is 0 Å². The molecule has 4 aromatic rings. The summed E-state index contributed by atoms with van der Waals surface area (Å²) in [5.74, 6) is 2.28. The van der Waals surface area contributed by atoms with Crippen LogP contribution in [0.3, 0.4) is 0 Å². The molecule has 30 heavy (non-hydrogen) atoms. The molecular weight excluding hydrogens is 462 g/mol. The number of nitrogens with one attached hydrogen (secondary N) is 1. The largest absolute Gasteiger partial charge is 0.492 e. The molecule has 1 aromatic heterocycles. The number of ether oxygens (including phenoxy) is 2. The smallest absolute Gasteiger partial charge is 0.200 e. The molecule has 5 nitrogen and oxygen atoms in total. The van der Waals surface area contributed by atoms with Crippen molar-refractivity contribution in [3.8, 4) is 28.6 Å². The summed E-state index contributed by atoms with van der Waals surface area (Å²) in [6.07, 6.45) is 0. The number of para-hydroxylation sites is 2. The lowest BCUT2D eigenvalue weighted by atomic mass is 10.1. The molecule has 0 saturated carbocycles. The van der Waals surface area contributed by atoms with E-state index >= 15 is 0 Å². The molecule has 0 radical (unpaired) electrons. The Labute approximate surface area is 188 Å². The van der Waals surface area contributed by atoms with Gasteiger partial charge in [0.05, 0.1) is 12.3 Å². The van der Waals surface area contributed by atoms with Crippen LogP contribution in [0.1, 0.15) is 12.5 Å². The van der Waals surface area contributed by atoms with Gasteiger partial charge in [0.15, 0.2) is 10.6 Å². The van der Waals surface area contributed by atoms with E-state index < -0.39 is 0 Å². The Balaban J connectivity index is 1.66. The van der Waals surface area contributed by atoms with Gasteiger partial charge in [-0.1, -0.05) is 52.3 Å². The highest BCUT2D eigenvalue weighted by atomic mass is 79.9. The summed E-state index contributed by atoms with van der Waals surface area (Å²) in [6, 6.07) is 23.7. The van der Waals surface area contributed by atoms with E-state index in [4.69, 9.17) is 21.7 Å². The van der Waals surface area contributed by atoms with Crippen molar-refractivity contribution in [3.63, 3.8) is 0 Å². The van der Waals surface area contributed by atoms with Crippen molar-refractivity contribution in [2.75, 3.05) is 6.61 Å². The third kappa shape index (κ3) is 4.47. The second-order valence-electron chi connectivity index (χ2n) is 6.53. The Morgan fingerprint density at radius 3 is 2.67 bits per heavy atom. The molecule has 0 bridgehead atoms. The normalized spacial score (nSPS) is 10.7. The number of hydrogen-bond donors (Lipinski definition) is 1. The number of rotatable bonds is 7. The minimum atomic E-state index is 0.449. The van der Waals surface area contributed by atoms with Gasteiger partial charge in [-0.15, -0.1) is 0 Å². The monoisotopic (exact) mass is 481 g/mol. The minimum Gasteiger partial charge on any atom is -0.492 e. The van der Waals surface area contributed by atoms with Crippen molar-refractivity contribution in [2.45, 2.75) is 13.5 Å². The van der Waals surface area contributed by atoms with Crippen LogP contribution in [-0.4, -0.2) is 21.4 Å². The number of nitrogens with zero attached hydrogens (tertiary/aromatic N) is 2. The van der Waals surface area contributed by atoms with E-state index in [-0.39, 0.29) is 0 Å². The van der Waals surface area contributed by atoms with Crippen molar-refractivity contribution >= 4 is 28.1 Å². The first-order chi connectivity index (χ1) is 14.7. The predicted octanol–water partition coefficient (Wildman–Crippen LogP) is 6.34. The predicted molar refractivity (Wildman–Crippen MR) is 124 cm³/mol. The molecule has 0 aliphatic rings. The molecule has 1 heterocycles. The quantitative estimate of drug-likeness (QED) is 0.313. The Kier molecular flexibility index (Phi) is 6.30. The van der Waals surface area contributed by atoms with E-state index in [9.17, 15) is 0 Å². The van der Waals surface area contributed by atoms with Crippen LogP contribution in [0, 0.1) is 4.77 Å². The van der Waals surface area contributed by atoms with Gasteiger partial charge in [-0.3, -0.25) is 9.67 Å². The van der Waals surface area contributed by atoms with Gasteiger partial charge in [0.2, 0.25) is 0 Å². The highest BCUT2D eigenvalue weighted by molar-refractivity contribution is 9.10. The number of aromatic amines is 1. The van der Waals surface area contributed by atoms with Crippen molar-refractivity contribution in [3.05, 3.63) is 87.6 Å². The molecule has 0 fully saturated rings. The van der Waals surface area contributed by atoms with Crippen molar-refractivity contribution in [1.29, 1.82) is 0 Å². The summed E-state index contributed by atoms with van der Waals surface area (Å²) >= 11 is 8.98. The molecule has 0 amide bonds. The highest BCUT2D eigenvalue weighted by Crippen LogP contribution is 2.29. The zero-order chi connectivity index (χ0) is 20.9. The van der Waals surface area contributed by atoms with Crippen LogP contribution >= 0.6 is 28.1 Å². The van der Waals surface area contributed by atoms with Gasteiger partial charge in [0, 0.05) is 10.0 Å². The lowest BCUT2D eigenvalue weighted by Gasteiger charge is -2.13. The van der Waals surface area contributed by atoms with Gasteiger partial charge < -0.3 is 9.47 Å². The molecule has 1 N–H and O–H groups in total. The maximum atomic E-state index is 5.93. The number of halogens is 1. The second-order valence-corrected chi connectivity index (χ2v) is 7.84. The summed E-state index contributed by atoms with van der Waals surface area (Å²) in [6.45, 7) is 2.98. The van der Waals surface area contributed by atoms with Gasteiger partial charge in [-0.2, -0.15) is 5.10 Å². The zero-order valence-electron chi connectivity index (χ0n) is 16.3. The van der Waals surface area contributed by atoms with Crippen LogP contribution < -0.4 is 9.47 Å². The molecule has 7 heteroatoms. The standard InChI is InChI=1S/C23H20BrN3O2S/c1-2-28-21-12-4-3-11-20(21)27-22(25-26-23(27)30)17-8-5-7-16(13-17)15-29-19-10-6-9-18(24)14-19/h3-14H,2,15H2,1H3,(H,26,30). The molecule has 0 atom stereocenters. The SMILES string of the molecule is CCOc1ccccc1-n1c(-c2cccc(COc3cccc(Br)c3)c2)n[nH]c1=S. The van der Waals surface area contributed by atoms with Gasteiger partial charge >= 0.3 is 0 Å². The lowest BCUT2D eigenvalue weighted by Crippen LogP contribution is -2.03. The van der Waals surface area contributed by atoms with E-state index in [2.05, 4.69) is 32.2 Å². The van der Waals surface area contributed by atoms with Crippen LogP contribution in [0.5, 0.6) is 11.5 Å². The fourth-order valence-corrected chi connectivity index (χ4v) is 3.77. The maximum absolute atomic E-state index is 5.93. The molecule has 0 saturated heterocycles. The van der Waals surface area contributed by atoms with Crippen molar-refractivity contribution < 1.29 is 9.47 Å². The topological polar surface area (TPSA) is 52.1 Å². The molecular formula is C23H20BrN3O2S. The number of aromatic nitrogens is 3. The summed E-state index contributed by atoms with van der Waals surface area (Å²) in [4.78, 5) is 0. The summed E-state index contributed by atoms with van der Waals surface area (Å²) in [5, 5.41) is 7.39. The van der Waals surface area contributed by atoms with Crippen molar-refractivity contribution in [1.82, 2.24) is 14.8 Å². The minimum absolute atomic E-state index is 0.449. The van der Waals surface area contributed by atoms with Crippen LogP contribution in [0.15, 0.2) is 77.3 Å². The molecule has 0 aliphatic heterocycles. The number of H-pyrrole nitrogens is 1. The number of benzene rings is 3. The van der Waals surface area contributed by atoms with Gasteiger partial charge in [0.25, 0.3) is 0 Å². The fraction of sp³-hybridized carbons (Fsp3) is 0.130. The summed E-state index contributed by atoms with van der Waals surface area (Å²) < 4.78 is 15.1. The van der Waals surface area contributed by atoms with Crippen molar-refractivity contribution in [2.24, 2.45) is 0 Å². The van der Waals surface area contributed by atoms with Gasteiger partial charge in [-0.05, 0) is 61.1 Å². The average Bonchev–Trinajstić information content (AvgIpc) is 3.14. The maximum Gasteiger partial charge on any atom is 0.200 e. The Bertz CT molecular complexity index is 1220. The average molecular weight is 482 g/mol. The highest BCUT2D eigenvalue weighted by Gasteiger charge is 2.15. The molecule has 152 valence electrons. The number of hydrogen-bond acceptors (Lipinski definition) is 4. The third-order valence-corrected chi connectivity index (χ3v) is 5.23. The molecule has 0 unspecified atom stereocenters. The van der Waals surface area contributed by atoms with Gasteiger partial charge in [0.1, 0.15) is 18.1 Å². The summed E-state index contributed by atoms with van der Waals surface area (Å²) in [7, 11) is 0.